The van der Waals surface area contributed by atoms with E-state index in [9.17, 15) is 60.3 Å². The lowest BCUT2D eigenvalue weighted by molar-refractivity contribution is -0.400. The third kappa shape index (κ3) is 16.7. The minimum Gasteiger partial charge on any atom is -0.457 e. The Morgan fingerprint density at radius 1 is 0.525 bits per heavy atom. The van der Waals surface area contributed by atoms with Crippen LogP contribution in [-0.4, -0.2) is 230 Å². The van der Waals surface area contributed by atoms with Crippen LogP contribution in [0, 0.1) is 11.8 Å². The third-order valence-corrected chi connectivity index (χ3v) is 16.2. The van der Waals surface area contributed by atoms with Crippen molar-refractivity contribution in [2.75, 3.05) is 6.61 Å². The molecule has 6 saturated heterocycles. The normalized spacial score (nSPS) is 44.3. The number of hydrogen-bond acceptors (Lipinski definition) is 25. The van der Waals surface area contributed by atoms with Crippen molar-refractivity contribution in [2.45, 2.75) is 312 Å². The molecule has 0 radical (unpaired) electrons. The van der Waals surface area contributed by atoms with Gasteiger partial charge in [-0.15, -0.1) is 0 Å². The first kappa shape index (κ1) is 66.8. The summed E-state index contributed by atoms with van der Waals surface area (Å²) >= 11 is 0. The number of carbonyl (C=O) groups excluding carboxylic acids is 3. The van der Waals surface area contributed by atoms with Crippen LogP contribution in [0.5, 0.6) is 0 Å². The van der Waals surface area contributed by atoms with E-state index in [1.807, 2.05) is 0 Å². The van der Waals surface area contributed by atoms with Crippen LogP contribution in [0.4, 0.5) is 0 Å². The summed E-state index contributed by atoms with van der Waals surface area (Å²) in [5.74, 6) is -3.54. The molecule has 6 heterocycles. The second-order valence-electron chi connectivity index (χ2n) is 22.9. The van der Waals surface area contributed by atoms with Crippen molar-refractivity contribution in [3.8, 4) is 0 Å². The van der Waals surface area contributed by atoms with Crippen LogP contribution in [-0.2, 0) is 76.0 Å². The Kier molecular flexibility index (Phi) is 26.0. The van der Waals surface area contributed by atoms with Gasteiger partial charge in [0.15, 0.2) is 49.8 Å². The first-order chi connectivity index (χ1) is 38.0. The molecule has 0 aromatic rings. The van der Waals surface area contributed by atoms with Crippen molar-refractivity contribution >= 4 is 17.9 Å². The Morgan fingerprint density at radius 3 is 1.74 bits per heavy atom. The summed E-state index contributed by atoms with van der Waals surface area (Å²) in [6.45, 7) is 13.8. The Morgan fingerprint density at radius 2 is 1.09 bits per heavy atom. The van der Waals surface area contributed by atoms with Gasteiger partial charge in [0.25, 0.3) is 0 Å². The first-order valence-electron chi connectivity index (χ1n) is 29.2. The van der Waals surface area contributed by atoms with Gasteiger partial charge in [0.2, 0.25) is 0 Å². The minimum atomic E-state index is -1.92. The number of ether oxygens (including phenoxy) is 13. The van der Waals surface area contributed by atoms with E-state index in [2.05, 4.69) is 6.92 Å². The fraction of sp³-hybridized carbons (Fsp3) is 0.945. The lowest BCUT2D eigenvalue weighted by Crippen LogP contribution is -2.68. The Balaban J connectivity index is 1.35. The summed E-state index contributed by atoms with van der Waals surface area (Å²) in [5, 5.41) is 101. The van der Waals surface area contributed by atoms with E-state index in [0.717, 1.165) is 57.8 Å². The highest BCUT2D eigenvalue weighted by Crippen LogP contribution is 2.39. The van der Waals surface area contributed by atoms with Crippen LogP contribution in [0.25, 0.3) is 0 Å². The number of carbonyl (C=O) groups is 3. The van der Waals surface area contributed by atoms with E-state index in [-0.39, 0.29) is 18.9 Å². The SMILES string of the molecule is CCCCC[C@H]1CCCCCCCCCC(=O)O[C@H]2[C@H](O[C@H]3[C@H](O1)O[C@H](CO)[C@@H](O)[C@@H]3O)O[C@@H](C)[C@H](O[C@@H]1O[C@@H](C)[C@H](O[C@@H]3O[C@@H](C)[C@H](OC(=O)C(C)C)[C@@H](O)[C@H]3O)[C@@H](O[C@@H]3O[C@@H](C)[C@H](O)[C@@H](O)[C@H]3O)[C@H]1OC(=O)[C@@H](C)CC)[C@H]2O. The largest absolute Gasteiger partial charge is 0.457 e. The summed E-state index contributed by atoms with van der Waals surface area (Å²) < 4.78 is 81.1. The molecule has 6 aliphatic heterocycles. The maximum atomic E-state index is 14.0. The lowest BCUT2D eigenvalue weighted by atomic mass is 9.95. The van der Waals surface area contributed by atoms with Gasteiger partial charge >= 0.3 is 17.9 Å². The molecule has 464 valence electrons. The van der Waals surface area contributed by atoms with Gasteiger partial charge in [-0.25, -0.2) is 0 Å². The van der Waals surface area contributed by atoms with Crippen LogP contribution in [0.2, 0.25) is 0 Å². The number of hydrogen-bond donors (Lipinski definition) is 9. The zero-order chi connectivity index (χ0) is 58.7. The molecule has 0 saturated carbocycles. The van der Waals surface area contributed by atoms with Crippen LogP contribution in [0.3, 0.4) is 0 Å². The Hall–Kier alpha value is -2.35. The predicted octanol–water partition coefficient (Wildman–Crippen LogP) is 1.04. The molecular weight excluding hydrogens is 1060 g/mol. The van der Waals surface area contributed by atoms with E-state index < -0.39 is 190 Å². The predicted molar refractivity (Wildman–Crippen MR) is 275 cm³/mol. The van der Waals surface area contributed by atoms with E-state index in [4.69, 9.17) is 61.6 Å². The van der Waals surface area contributed by atoms with Gasteiger partial charge < -0.3 is 108 Å². The molecule has 27 atom stereocenters. The third-order valence-electron chi connectivity index (χ3n) is 16.2. The van der Waals surface area contributed by atoms with Gasteiger partial charge in [0, 0.05) is 6.42 Å². The molecule has 0 amide bonds. The van der Waals surface area contributed by atoms with E-state index in [1.165, 1.54) is 27.7 Å². The van der Waals surface area contributed by atoms with E-state index in [1.54, 1.807) is 27.7 Å². The molecule has 25 heteroatoms. The molecule has 0 spiro atoms. The molecule has 0 bridgehead atoms. The Bertz CT molecular complexity index is 1880. The monoisotopic (exact) mass is 1150 g/mol. The number of fused-ring (bicyclic) bond motifs is 2. The van der Waals surface area contributed by atoms with E-state index >= 15 is 0 Å². The van der Waals surface area contributed by atoms with Gasteiger partial charge in [0.1, 0.15) is 79.4 Å². The maximum Gasteiger partial charge on any atom is 0.309 e. The molecule has 6 aliphatic rings. The van der Waals surface area contributed by atoms with Gasteiger partial charge in [-0.3, -0.25) is 14.4 Å². The zero-order valence-electron chi connectivity index (χ0n) is 47.8. The van der Waals surface area contributed by atoms with Gasteiger partial charge in [-0.2, -0.15) is 0 Å². The highest BCUT2D eigenvalue weighted by Gasteiger charge is 2.59. The molecule has 6 rings (SSSR count). The molecule has 0 unspecified atom stereocenters. The Labute approximate surface area is 469 Å². The second kappa shape index (κ2) is 31.2. The molecule has 9 N–H and O–H groups in total. The van der Waals surface area contributed by atoms with Crippen LogP contribution >= 0.6 is 0 Å². The summed E-state index contributed by atoms with van der Waals surface area (Å²) in [4.78, 5) is 40.4. The molecular formula is C55H94O25. The van der Waals surface area contributed by atoms with E-state index in [0.29, 0.717) is 19.3 Å². The lowest BCUT2D eigenvalue weighted by Gasteiger charge is -2.51. The molecule has 80 heavy (non-hydrogen) atoms. The molecule has 0 aliphatic carbocycles. The minimum absolute atomic E-state index is 0.0516. The summed E-state index contributed by atoms with van der Waals surface area (Å²) in [5.41, 5.74) is 0. The van der Waals surface area contributed by atoms with Crippen molar-refractivity contribution < 1.29 is 122 Å². The van der Waals surface area contributed by atoms with Crippen molar-refractivity contribution in [1.29, 1.82) is 0 Å². The van der Waals surface area contributed by atoms with Gasteiger partial charge in [-0.1, -0.05) is 92.4 Å². The summed E-state index contributed by atoms with van der Waals surface area (Å²) in [6, 6.07) is 0. The smallest absolute Gasteiger partial charge is 0.309 e. The highest BCUT2D eigenvalue weighted by molar-refractivity contribution is 5.72. The van der Waals surface area contributed by atoms with Crippen molar-refractivity contribution in [1.82, 2.24) is 0 Å². The summed E-state index contributed by atoms with van der Waals surface area (Å²) in [7, 11) is 0. The zero-order valence-corrected chi connectivity index (χ0v) is 47.8. The van der Waals surface area contributed by atoms with Crippen molar-refractivity contribution in [2.24, 2.45) is 11.8 Å². The van der Waals surface area contributed by atoms with Crippen LogP contribution in [0.15, 0.2) is 0 Å². The number of unbranched alkanes of at least 4 members (excludes halogenated alkanes) is 2. The van der Waals surface area contributed by atoms with Gasteiger partial charge in [0.05, 0.1) is 49.0 Å². The van der Waals surface area contributed by atoms with Gasteiger partial charge in [-0.05, 0) is 53.4 Å². The number of aliphatic hydroxyl groups excluding tert-OH is 9. The number of rotatable bonds is 16. The van der Waals surface area contributed by atoms with Crippen LogP contribution in [0.1, 0.15) is 152 Å². The molecule has 6 fully saturated rings. The maximum absolute atomic E-state index is 14.0. The summed E-state index contributed by atoms with van der Waals surface area (Å²) in [6.07, 6.45) is -29.8. The fourth-order valence-electron chi connectivity index (χ4n) is 10.8. The topological polar surface area (TPSA) is 353 Å². The fourth-order valence-corrected chi connectivity index (χ4v) is 10.8. The average molecular weight is 1160 g/mol. The standard InChI is InChI=1S/C55H94O25/c1-10-12-18-21-31-22-19-16-14-13-15-17-20-23-33(57)74-46-41(65)43(29(8)70-53(46)79-45-37(61)35(59)32(24-56)73-54(45)72-31)77-55-48(76-50(67)26(5)11-2)47(80-51-39(63)36(60)34(58)27(6)68-51)44(30(9)71-55)78-52-40(64)38(62)42(28(7)69-52)75-49(66)25(3)4/h25-32,34-48,51-56,58-65H,10-24H2,1-9H3/t26-,27-,28-,29-,30-,31-,32+,34-,35+,36+,37-,38-,39+,40+,41+,42-,43-,44-,45+,46+,47+,48+,51-,52-,53-,54+,55-/m0/s1. The second-order valence-corrected chi connectivity index (χ2v) is 22.9. The van der Waals surface area contributed by atoms with Crippen molar-refractivity contribution in [3.63, 3.8) is 0 Å². The molecule has 0 aromatic heterocycles. The van der Waals surface area contributed by atoms with Crippen molar-refractivity contribution in [3.05, 3.63) is 0 Å². The number of aliphatic hydroxyl groups is 9. The average Bonchev–Trinajstić information content (AvgIpc) is 3.42. The first-order valence-corrected chi connectivity index (χ1v) is 29.2. The quantitative estimate of drug-likeness (QED) is 0.0592. The molecule has 25 nitrogen and oxygen atoms in total. The highest BCUT2D eigenvalue weighted by atomic mass is 16.8. The van der Waals surface area contributed by atoms with Crippen LogP contribution < -0.4 is 0 Å². The number of esters is 3. The molecule has 0 aromatic carbocycles.